The summed E-state index contributed by atoms with van der Waals surface area (Å²) >= 11 is 0. The molecule has 0 saturated carbocycles. The molecule has 6 heteroatoms. The van der Waals surface area contributed by atoms with E-state index in [4.69, 9.17) is 0 Å². The monoisotopic (exact) mass is 327 g/mol. The topological polar surface area (TPSA) is 92.2 Å². The minimum Gasteiger partial charge on any atom is -0.479 e. The lowest BCUT2D eigenvalue weighted by molar-refractivity contribution is -0.144. The van der Waals surface area contributed by atoms with E-state index in [1.807, 2.05) is 13.8 Å². The Bertz CT molecular complexity index is 759. The fraction of sp³-hybridized carbons (Fsp3) is 0.333. The summed E-state index contributed by atoms with van der Waals surface area (Å²) < 4.78 is 0. The molecule has 6 nitrogen and oxygen atoms in total. The van der Waals surface area contributed by atoms with Crippen LogP contribution in [0.1, 0.15) is 54.1 Å². The third kappa shape index (κ3) is 3.42. The number of hydrogen-bond acceptors (Lipinski definition) is 4. The van der Waals surface area contributed by atoms with Crippen molar-refractivity contribution in [1.29, 1.82) is 0 Å². The predicted molar refractivity (Wildman–Crippen MR) is 89.8 cm³/mol. The maximum Gasteiger partial charge on any atom is 0.333 e. The first kappa shape index (κ1) is 17.6. The second kappa shape index (κ2) is 6.78. The van der Waals surface area contributed by atoms with Crippen molar-refractivity contribution < 1.29 is 14.7 Å². The lowest BCUT2D eigenvalue weighted by atomic mass is 9.91. The quantitative estimate of drug-likeness (QED) is 0.881. The Balaban J connectivity index is 2.34. The average Bonchev–Trinajstić information content (AvgIpc) is 2.55. The highest BCUT2D eigenvalue weighted by Crippen LogP contribution is 2.22. The van der Waals surface area contributed by atoms with Gasteiger partial charge in [0.05, 0.1) is 11.3 Å². The Hall–Kier alpha value is -2.76. The molecule has 0 aliphatic rings. The van der Waals surface area contributed by atoms with Gasteiger partial charge in [0.1, 0.15) is 5.82 Å². The molecule has 1 amide bonds. The molecule has 24 heavy (non-hydrogen) atoms. The van der Waals surface area contributed by atoms with Crippen LogP contribution in [-0.4, -0.2) is 27.0 Å². The highest BCUT2D eigenvalue weighted by atomic mass is 16.4. The summed E-state index contributed by atoms with van der Waals surface area (Å²) in [6.07, 6.45) is 1.44. The Morgan fingerprint density at radius 3 is 2.33 bits per heavy atom. The van der Waals surface area contributed by atoms with Crippen molar-refractivity contribution in [3.05, 3.63) is 59.2 Å². The summed E-state index contributed by atoms with van der Waals surface area (Å²) in [4.78, 5) is 32.9. The van der Waals surface area contributed by atoms with E-state index < -0.39 is 17.4 Å². The van der Waals surface area contributed by atoms with Gasteiger partial charge >= 0.3 is 5.97 Å². The number of amides is 1. The van der Waals surface area contributed by atoms with Crippen molar-refractivity contribution in [3.63, 3.8) is 0 Å². The van der Waals surface area contributed by atoms with E-state index in [-0.39, 0.29) is 11.5 Å². The van der Waals surface area contributed by atoms with Crippen molar-refractivity contribution in [2.24, 2.45) is 0 Å². The van der Waals surface area contributed by atoms with Gasteiger partial charge in [0.2, 0.25) is 0 Å². The van der Waals surface area contributed by atoms with E-state index in [2.05, 4.69) is 15.3 Å². The van der Waals surface area contributed by atoms with Crippen LogP contribution in [0.25, 0.3) is 0 Å². The molecule has 0 saturated heterocycles. The van der Waals surface area contributed by atoms with Gasteiger partial charge in [-0.05, 0) is 19.4 Å². The van der Waals surface area contributed by atoms with Crippen molar-refractivity contribution in [2.75, 3.05) is 0 Å². The van der Waals surface area contributed by atoms with Gasteiger partial charge in [0, 0.05) is 12.1 Å². The first-order valence-corrected chi connectivity index (χ1v) is 7.70. The molecule has 0 spiro atoms. The second-order valence-electron chi connectivity index (χ2n) is 6.13. The molecule has 0 aliphatic carbocycles. The fourth-order valence-corrected chi connectivity index (χ4v) is 2.30. The van der Waals surface area contributed by atoms with Gasteiger partial charge in [-0.25, -0.2) is 14.8 Å². The molecule has 1 atom stereocenters. The maximum atomic E-state index is 12.6. The van der Waals surface area contributed by atoms with Gasteiger partial charge in [-0.1, -0.05) is 44.2 Å². The summed E-state index contributed by atoms with van der Waals surface area (Å²) in [6.45, 7) is 7.10. The zero-order chi connectivity index (χ0) is 17.9. The van der Waals surface area contributed by atoms with Gasteiger partial charge in [-0.2, -0.15) is 0 Å². The van der Waals surface area contributed by atoms with Crippen LogP contribution in [0.5, 0.6) is 0 Å². The molecule has 0 fully saturated rings. The summed E-state index contributed by atoms with van der Waals surface area (Å²) in [6, 6.07) is 8.58. The van der Waals surface area contributed by atoms with Crippen LogP contribution in [0.2, 0.25) is 0 Å². The average molecular weight is 327 g/mol. The number of carbonyl (C=O) groups excluding carboxylic acids is 1. The van der Waals surface area contributed by atoms with Gasteiger partial charge in [-0.3, -0.25) is 4.79 Å². The molecule has 2 aromatic rings. The molecule has 0 aliphatic heterocycles. The normalized spacial score (nSPS) is 13.4. The molecule has 0 radical (unpaired) electrons. The first-order chi connectivity index (χ1) is 11.3. The standard InChI is InChI=1S/C18H21N3O3/c1-11(2)15-19-10-14(12(3)20-15)16(22)21-18(4,17(23)24)13-8-6-5-7-9-13/h5-11H,1-4H3,(H,21,22)(H,23,24). The van der Waals surface area contributed by atoms with Crippen LogP contribution in [0.4, 0.5) is 0 Å². The van der Waals surface area contributed by atoms with Crippen LogP contribution in [0.3, 0.4) is 0 Å². The highest BCUT2D eigenvalue weighted by molar-refractivity contribution is 5.98. The third-order valence-corrected chi connectivity index (χ3v) is 3.90. The van der Waals surface area contributed by atoms with E-state index in [1.165, 1.54) is 13.1 Å². The van der Waals surface area contributed by atoms with Crippen molar-refractivity contribution in [2.45, 2.75) is 39.2 Å². The van der Waals surface area contributed by atoms with Crippen LogP contribution in [0.15, 0.2) is 36.5 Å². The van der Waals surface area contributed by atoms with Gasteiger partial charge in [-0.15, -0.1) is 0 Å². The van der Waals surface area contributed by atoms with Gasteiger partial charge in [0.25, 0.3) is 5.91 Å². The van der Waals surface area contributed by atoms with Gasteiger partial charge in [0.15, 0.2) is 5.54 Å². The smallest absolute Gasteiger partial charge is 0.333 e. The number of nitrogens with zero attached hydrogens (tertiary/aromatic N) is 2. The fourth-order valence-electron chi connectivity index (χ4n) is 2.30. The Labute approximate surface area is 141 Å². The molecular formula is C18H21N3O3. The van der Waals surface area contributed by atoms with Crippen molar-refractivity contribution in [1.82, 2.24) is 15.3 Å². The number of aromatic nitrogens is 2. The zero-order valence-electron chi connectivity index (χ0n) is 14.2. The number of carboxylic acids is 1. The van der Waals surface area contributed by atoms with Crippen LogP contribution < -0.4 is 5.32 Å². The number of carbonyl (C=O) groups is 2. The van der Waals surface area contributed by atoms with Crippen LogP contribution in [0, 0.1) is 6.92 Å². The van der Waals surface area contributed by atoms with E-state index >= 15 is 0 Å². The number of carboxylic acid groups (broad SMARTS) is 1. The number of aryl methyl sites for hydroxylation is 1. The number of nitrogens with one attached hydrogen (secondary N) is 1. The summed E-state index contributed by atoms with van der Waals surface area (Å²) in [5.74, 6) is -0.862. The first-order valence-electron chi connectivity index (χ1n) is 7.70. The predicted octanol–water partition coefficient (Wildman–Crippen LogP) is 2.64. The molecule has 1 heterocycles. The van der Waals surface area contributed by atoms with Crippen molar-refractivity contribution in [3.8, 4) is 0 Å². The van der Waals surface area contributed by atoms with E-state index in [0.717, 1.165) is 0 Å². The molecule has 2 N–H and O–H groups in total. The molecule has 1 aromatic heterocycles. The molecule has 2 rings (SSSR count). The summed E-state index contributed by atoms with van der Waals surface area (Å²) in [5, 5.41) is 12.2. The van der Waals surface area contributed by atoms with E-state index in [1.54, 1.807) is 37.3 Å². The van der Waals surface area contributed by atoms with Crippen LogP contribution in [-0.2, 0) is 10.3 Å². The zero-order valence-corrected chi connectivity index (χ0v) is 14.2. The SMILES string of the molecule is Cc1nc(C(C)C)ncc1C(=O)NC(C)(C(=O)O)c1ccccc1. The maximum absolute atomic E-state index is 12.6. The Kier molecular flexibility index (Phi) is 4.97. The lowest BCUT2D eigenvalue weighted by Crippen LogP contribution is -2.49. The molecule has 126 valence electrons. The molecular weight excluding hydrogens is 306 g/mol. The number of rotatable bonds is 5. The van der Waals surface area contributed by atoms with Crippen LogP contribution >= 0.6 is 0 Å². The minimum atomic E-state index is -1.54. The van der Waals surface area contributed by atoms with E-state index in [0.29, 0.717) is 17.1 Å². The Morgan fingerprint density at radius 2 is 1.83 bits per heavy atom. The van der Waals surface area contributed by atoms with Gasteiger partial charge < -0.3 is 10.4 Å². The molecule has 1 unspecified atom stereocenters. The lowest BCUT2D eigenvalue weighted by Gasteiger charge is -2.27. The Morgan fingerprint density at radius 1 is 1.21 bits per heavy atom. The second-order valence-corrected chi connectivity index (χ2v) is 6.13. The third-order valence-electron chi connectivity index (χ3n) is 3.90. The number of benzene rings is 1. The minimum absolute atomic E-state index is 0.148. The largest absolute Gasteiger partial charge is 0.479 e. The molecule has 0 bridgehead atoms. The van der Waals surface area contributed by atoms with Crippen molar-refractivity contribution >= 4 is 11.9 Å². The van der Waals surface area contributed by atoms with E-state index in [9.17, 15) is 14.7 Å². The molecule has 1 aromatic carbocycles. The number of hydrogen-bond donors (Lipinski definition) is 2. The summed E-state index contributed by atoms with van der Waals surface area (Å²) in [5.41, 5.74) is -0.264. The number of aliphatic carboxylic acids is 1. The highest BCUT2D eigenvalue weighted by Gasteiger charge is 2.37. The summed E-state index contributed by atoms with van der Waals surface area (Å²) in [7, 11) is 0.